The molecule has 14 heavy (non-hydrogen) atoms. The molecule has 0 saturated carbocycles. The molecule has 0 amide bonds. The SMILES string of the molecule is NCCc1cccc2ccc(Cl)cc12. The Hall–Kier alpha value is -1.05. The molecular weight excluding hydrogens is 194 g/mol. The first kappa shape index (κ1) is 9.50. The van der Waals surface area contributed by atoms with E-state index in [1.165, 1.54) is 16.3 Å². The minimum absolute atomic E-state index is 0.672. The molecule has 2 aromatic rings. The van der Waals surface area contributed by atoms with Crippen LogP contribution in [0.3, 0.4) is 0 Å². The number of fused-ring (bicyclic) bond motifs is 1. The first-order chi connectivity index (χ1) is 6.81. The first-order valence-corrected chi connectivity index (χ1v) is 5.06. The lowest BCUT2D eigenvalue weighted by atomic mass is 10.0. The van der Waals surface area contributed by atoms with Crippen molar-refractivity contribution in [1.82, 2.24) is 0 Å². The van der Waals surface area contributed by atoms with Gasteiger partial charge < -0.3 is 5.73 Å². The van der Waals surface area contributed by atoms with Crippen LogP contribution in [0, 0.1) is 0 Å². The molecule has 0 fully saturated rings. The van der Waals surface area contributed by atoms with Crippen molar-refractivity contribution in [2.24, 2.45) is 5.73 Å². The van der Waals surface area contributed by atoms with Crippen LogP contribution >= 0.6 is 11.6 Å². The highest BCUT2D eigenvalue weighted by Crippen LogP contribution is 2.22. The summed E-state index contributed by atoms with van der Waals surface area (Å²) in [6.45, 7) is 0.672. The molecule has 0 aliphatic carbocycles. The normalized spacial score (nSPS) is 10.7. The van der Waals surface area contributed by atoms with E-state index >= 15 is 0 Å². The van der Waals surface area contributed by atoms with E-state index in [1.54, 1.807) is 0 Å². The predicted molar refractivity (Wildman–Crippen MR) is 61.7 cm³/mol. The summed E-state index contributed by atoms with van der Waals surface area (Å²) in [7, 11) is 0. The largest absolute Gasteiger partial charge is 0.330 e. The third kappa shape index (κ3) is 1.74. The molecule has 0 unspecified atom stereocenters. The third-order valence-electron chi connectivity index (χ3n) is 2.35. The molecule has 0 radical (unpaired) electrons. The lowest BCUT2D eigenvalue weighted by molar-refractivity contribution is 0.977. The molecule has 2 aromatic carbocycles. The molecule has 0 aromatic heterocycles. The fourth-order valence-corrected chi connectivity index (χ4v) is 1.86. The van der Waals surface area contributed by atoms with Crippen LogP contribution in [0.25, 0.3) is 10.8 Å². The Kier molecular flexibility index (Phi) is 2.71. The van der Waals surface area contributed by atoms with E-state index in [4.69, 9.17) is 17.3 Å². The quantitative estimate of drug-likeness (QED) is 0.802. The fourth-order valence-electron chi connectivity index (χ4n) is 1.68. The number of halogens is 1. The summed E-state index contributed by atoms with van der Waals surface area (Å²) in [4.78, 5) is 0. The van der Waals surface area contributed by atoms with Crippen LogP contribution in [0.2, 0.25) is 5.02 Å². The molecule has 2 rings (SSSR count). The second-order valence-corrected chi connectivity index (χ2v) is 3.76. The van der Waals surface area contributed by atoms with Crippen LogP contribution in [-0.2, 0) is 6.42 Å². The van der Waals surface area contributed by atoms with Gasteiger partial charge in [0, 0.05) is 5.02 Å². The smallest absolute Gasteiger partial charge is 0.0412 e. The molecule has 2 N–H and O–H groups in total. The van der Waals surface area contributed by atoms with E-state index < -0.39 is 0 Å². The zero-order chi connectivity index (χ0) is 9.97. The van der Waals surface area contributed by atoms with Crippen LogP contribution < -0.4 is 5.73 Å². The zero-order valence-corrected chi connectivity index (χ0v) is 8.59. The molecule has 0 bridgehead atoms. The second kappa shape index (κ2) is 3.99. The summed E-state index contributed by atoms with van der Waals surface area (Å²) in [5.41, 5.74) is 6.83. The van der Waals surface area contributed by atoms with E-state index in [0.29, 0.717) is 6.54 Å². The van der Waals surface area contributed by atoms with Crippen LogP contribution in [0.1, 0.15) is 5.56 Å². The summed E-state index contributed by atoms with van der Waals surface area (Å²) in [5, 5.41) is 3.22. The minimum atomic E-state index is 0.672. The molecule has 0 heterocycles. The standard InChI is InChI=1S/C12H12ClN/c13-11-5-4-9-2-1-3-10(6-7-14)12(9)8-11/h1-5,8H,6-7,14H2. The van der Waals surface area contributed by atoms with Gasteiger partial charge in [-0.2, -0.15) is 0 Å². The second-order valence-electron chi connectivity index (χ2n) is 3.32. The Labute approximate surface area is 88.5 Å². The van der Waals surface area contributed by atoms with Gasteiger partial charge in [-0.15, -0.1) is 0 Å². The molecule has 0 aliphatic rings. The van der Waals surface area contributed by atoms with E-state index in [1.807, 2.05) is 18.2 Å². The summed E-state index contributed by atoms with van der Waals surface area (Å²) >= 11 is 5.96. The van der Waals surface area contributed by atoms with Crippen molar-refractivity contribution in [3.63, 3.8) is 0 Å². The van der Waals surface area contributed by atoms with Crippen molar-refractivity contribution in [3.8, 4) is 0 Å². The van der Waals surface area contributed by atoms with Gasteiger partial charge in [0.05, 0.1) is 0 Å². The highest BCUT2D eigenvalue weighted by molar-refractivity contribution is 6.31. The van der Waals surface area contributed by atoms with Gasteiger partial charge in [0.2, 0.25) is 0 Å². The number of rotatable bonds is 2. The summed E-state index contributed by atoms with van der Waals surface area (Å²) in [6, 6.07) is 12.2. The Bertz CT molecular complexity index is 451. The van der Waals surface area contributed by atoms with Crippen LogP contribution in [0.15, 0.2) is 36.4 Å². The van der Waals surface area contributed by atoms with Crippen molar-refractivity contribution in [1.29, 1.82) is 0 Å². The average Bonchev–Trinajstić information content (AvgIpc) is 2.19. The Morgan fingerprint density at radius 2 is 2.00 bits per heavy atom. The Morgan fingerprint density at radius 1 is 1.14 bits per heavy atom. The highest BCUT2D eigenvalue weighted by Gasteiger charge is 2.00. The average molecular weight is 206 g/mol. The van der Waals surface area contributed by atoms with Crippen molar-refractivity contribution in [3.05, 3.63) is 47.0 Å². The molecule has 0 aliphatic heterocycles. The lowest BCUT2D eigenvalue weighted by Gasteiger charge is -2.05. The maximum atomic E-state index is 5.96. The van der Waals surface area contributed by atoms with Gasteiger partial charge in [0.25, 0.3) is 0 Å². The number of nitrogens with two attached hydrogens (primary N) is 1. The van der Waals surface area contributed by atoms with Crippen molar-refractivity contribution in [2.45, 2.75) is 6.42 Å². The number of benzene rings is 2. The third-order valence-corrected chi connectivity index (χ3v) is 2.58. The van der Waals surface area contributed by atoms with E-state index in [2.05, 4.69) is 18.2 Å². The molecular formula is C12H12ClN. The zero-order valence-electron chi connectivity index (χ0n) is 7.83. The maximum absolute atomic E-state index is 5.96. The molecule has 1 nitrogen and oxygen atoms in total. The van der Waals surface area contributed by atoms with Gasteiger partial charge in [-0.25, -0.2) is 0 Å². The molecule has 72 valence electrons. The summed E-state index contributed by atoms with van der Waals surface area (Å²) in [5.74, 6) is 0. The Balaban J connectivity index is 2.64. The van der Waals surface area contributed by atoms with E-state index in [-0.39, 0.29) is 0 Å². The van der Waals surface area contributed by atoms with Gasteiger partial charge >= 0.3 is 0 Å². The van der Waals surface area contributed by atoms with Gasteiger partial charge in [0.1, 0.15) is 0 Å². The first-order valence-electron chi connectivity index (χ1n) is 4.68. The summed E-state index contributed by atoms with van der Waals surface area (Å²) in [6.07, 6.45) is 0.900. The minimum Gasteiger partial charge on any atom is -0.330 e. The van der Waals surface area contributed by atoms with Gasteiger partial charge in [-0.1, -0.05) is 35.9 Å². The van der Waals surface area contributed by atoms with Gasteiger partial charge in [0.15, 0.2) is 0 Å². The highest BCUT2D eigenvalue weighted by atomic mass is 35.5. The Morgan fingerprint density at radius 3 is 2.79 bits per heavy atom. The molecule has 0 atom stereocenters. The van der Waals surface area contributed by atoms with Crippen LogP contribution in [0.4, 0.5) is 0 Å². The monoisotopic (exact) mass is 205 g/mol. The molecule has 0 saturated heterocycles. The van der Waals surface area contributed by atoms with Crippen LogP contribution in [0.5, 0.6) is 0 Å². The lowest BCUT2D eigenvalue weighted by Crippen LogP contribution is -2.02. The van der Waals surface area contributed by atoms with Crippen molar-refractivity contribution < 1.29 is 0 Å². The summed E-state index contributed by atoms with van der Waals surface area (Å²) < 4.78 is 0. The van der Waals surface area contributed by atoms with E-state index in [0.717, 1.165) is 11.4 Å². The van der Waals surface area contributed by atoms with Crippen molar-refractivity contribution >= 4 is 22.4 Å². The molecule has 2 heteroatoms. The van der Waals surface area contributed by atoms with E-state index in [9.17, 15) is 0 Å². The topological polar surface area (TPSA) is 26.0 Å². The van der Waals surface area contributed by atoms with Crippen LogP contribution in [-0.4, -0.2) is 6.54 Å². The predicted octanol–water partition coefficient (Wildman–Crippen LogP) is 2.99. The van der Waals surface area contributed by atoms with Gasteiger partial charge in [-0.3, -0.25) is 0 Å². The maximum Gasteiger partial charge on any atom is 0.0412 e. The number of hydrogen-bond donors (Lipinski definition) is 1. The molecule has 0 spiro atoms. The van der Waals surface area contributed by atoms with Crippen molar-refractivity contribution in [2.75, 3.05) is 6.54 Å². The number of hydrogen-bond acceptors (Lipinski definition) is 1. The van der Waals surface area contributed by atoms with Gasteiger partial charge in [-0.05, 0) is 41.4 Å². The fraction of sp³-hybridized carbons (Fsp3) is 0.167.